The van der Waals surface area contributed by atoms with Crippen LogP contribution in [0.4, 0.5) is 8.78 Å². The quantitative estimate of drug-likeness (QED) is 0.544. The lowest BCUT2D eigenvalue weighted by Gasteiger charge is -2.09. The van der Waals surface area contributed by atoms with Gasteiger partial charge < -0.3 is 4.57 Å². The highest BCUT2D eigenvalue weighted by atomic mass is 19.2. The largest absolute Gasteiger partial charge is 0.303 e. The van der Waals surface area contributed by atoms with E-state index in [1.807, 2.05) is 0 Å². The Morgan fingerprint density at radius 1 is 0.857 bits per heavy atom. The maximum absolute atomic E-state index is 14.2. The lowest BCUT2D eigenvalue weighted by Crippen LogP contribution is -2.00. The molecule has 1 aliphatic carbocycles. The zero-order chi connectivity index (χ0) is 19.1. The van der Waals surface area contributed by atoms with Crippen LogP contribution < -0.4 is 0 Å². The van der Waals surface area contributed by atoms with Gasteiger partial charge in [0.05, 0.1) is 12.0 Å². The second kappa shape index (κ2) is 6.56. The van der Waals surface area contributed by atoms with Crippen LogP contribution in [0.1, 0.15) is 29.4 Å². The van der Waals surface area contributed by atoms with Gasteiger partial charge >= 0.3 is 0 Å². The molecule has 0 spiro atoms. The zero-order valence-electron chi connectivity index (χ0n) is 14.6. The molecule has 5 rings (SSSR count). The Bertz CT molecular complexity index is 1110. The van der Waals surface area contributed by atoms with Crippen molar-refractivity contribution in [3.05, 3.63) is 84.5 Å². The smallest absolute Gasteiger partial charge is 0.197 e. The standard InChI is InChI=1S/C20H14F2N6/c21-16-6-12(7-17(18(16)22)28-5-4-23-11-28)14-8-15(14)13-9-26-20(27-10-13)19-24-2-1-3-25-19/h1-7,9-11,14-15H,8H2. The molecule has 1 fully saturated rings. The van der Waals surface area contributed by atoms with Crippen molar-refractivity contribution in [3.8, 4) is 17.3 Å². The van der Waals surface area contributed by atoms with Gasteiger partial charge in [-0.1, -0.05) is 0 Å². The molecule has 1 saturated carbocycles. The summed E-state index contributed by atoms with van der Waals surface area (Å²) in [4.78, 5) is 20.9. The van der Waals surface area contributed by atoms with Gasteiger partial charge in [0.15, 0.2) is 23.3 Å². The third-order valence-corrected chi connectivity index (χ3v) is 4.90. The number of aromatic nitrogens is 6. The summed E-state index contributed by atoms with van der Waals surface area (Å²) in [6.45, 7) is 0. The minimum Gasteiger partial charge on any atom is -0.303 e. The lowest BCUT2D eigenvalue weighted by atomic mass is 10.1. The van der Waals surface area contributed by atoms with E-state index in [2.05, 4.69) is 24.9 Å². The van der Waals surface area contributed by atoms with Crippen LogP contribution in [-0.2, 0) is 0 Å². The van der Waals surface area contributed by atoms with Crippen LogP contribution in [0.5, 0.6) is 0 Å². The van der Waals surface area contributed by atoms with E-state index in [9.17, 15) is 8.78 Å². The molecule has 0 N–H and O–H groups in total. The van der Waals surface area contributed by atoms with Crippen LogP contribution in [0.2, 0.25) is 0 Å². The van der Waals surface area contributed by atoms with Crippen molar-refractivity contribution in [2.75, 3.05) is 0 Å². The molecular formula is C20H14F2N6. The molecule has 0 aliphatic heterocycles. The molecule has 0 radical (unpaired) electrons. The molecule has 3 aromatic heterocycles. The zero-order valence-corrected chi connectivity index (χ0v) is 14.6. The summed E-state index contributed by atoms with van der Waals surface area (Å²) in [6.07, 6.45) is 12.2. The van der Waals surface area contributed by atoms with E-state index in [1.54, 1.807) is 43.1 Å². The molecule has 1 aromatic carbocycles. The fourth-order valence-corrected chi connectivity index (χ4v) is 3.39. The molecule has 1 aliphatic rings. The Morgan fingerprint density at radius 2 is 1.57 bits per heavy atom. The molecule has 138 valence electrons. The number of nitrogens with zero attached hydrogens (tertiary/aromatic N) is 6. The predicted molar refractivity (Wildman–Crippen MR) is 96.6 cm³/mol. The van der Waals surface area contributed by atoms with E-state index in [0.717, 1.165) is 17.5 Å². The fourth-order valence-electron chi connectivity index (χ4n) is 3.39. The summed E-state index contributed by atoms with van der Waals surface area (Å²) in [5.41, 5.74) is 1.87. The summed E-state index contributed by atoms with van der Waals surface area (Å²) in [6, 6.07) is 4.68. The summed E-state index contributed by atoms with van der Waals surface area (Å²) in [5.74, 6) is -0.552. The topological polar surface area (TPSA) is 69.4 Å². The number of hydrogen-bond donors (Lipinski definition) is 0. The molecule has 2 atom stereocenters. The maximum Gasteiger partial charge on any atom is 0.197 e. The molecule has 0 amide bonds. The van der Waals surface area contributed by atoms with E-state index >= 15 is 0 Å². The van der Waals surface area contributed by atoms with Gasteiger partial charge in [-0.25, -0.2) is 33.7 Å². The molecule has 4 aromatic rings. The third kappa shape index (κ3) is 2.92. The van der Waals surface area contributed by atoms with Gasteiger partial charge in [0.1, 0.15) is 0 Å². The van der Waals surface area contributed by atoms with Gasteiger partial charge in [0.25, 0.3) is 0 Å². The fraction of sp³-hybridized carbons (Fsp3) is 0.150. The molecule has 3 heterocycles. The first-order valence-corrected chi connectivity index (χ1v) is 8.77. The van der Waals surface area contributed by atoms with Crippen LogP contribution >= 0.6 is 0 Å². The molecule has 28 heavy (non-hydrogen) atoms. The highest BCUT2D eigenvalue weighted by molar-refractivity contribution is 5.45. The Balaban J connectivity index is 1.40. The van der Waals surface area contributed by atoms with E-state index < -0.39 is 11.6 Å². The van der Waals surface area contributed by atoms with Crippen LogP contribution in [0, 0.1) is 11.6 Å². The van der Waals surface area contributed by atoms with Crippen molar-refractivity contribution in [1.82, 2.24) is 29.5 Å². The Kier molecular flexibility index (Phi) is 3.89. The predicted octanol–water partition coefficient (Wildman–Crippen LogP) is 3.67. The summed E-state index contributed by atoms with van der Waals surface area (Å²) >= 11 is 0. The van der Waals surface area contributed by atoms with Gasteiger partial charge in [-0.15, -0.1) is 0 Å². The monoisotopic (exact) mass is 376 g/mol. The lowest BCUT2D eigenvalue weighted by molar-refractivity contribution is 0.502. The van der Waals surface area contributed by atoms with Crippen molar-refractivity contribution < 1.29 is 8.78 Å². The minimum absolute atomic E-state index is 0.0970. The minimum atomic E-state index is -0.880. The number of benzene rings is 1. The second-order valence-electron chi connectivity index (χ2n) is 6.67. The Hall–Kier alpha value is -3.55. The first-order chi connectivity index (χ1) is 13.7. The van der Waals surface area contributed by atoms with Gasteiger partial charge in [-0.05, 0) is 47.6 Å². The first-order valence-electron chi connectivity index (χ1n) is 8.77. The number of rotatable bonds is 4. The highest BCUT2D eigenvalue weighted by Crippen LogP contribution is 2.54. The molecule has 2 unspecified atom stereocenters. The number of imidazole rings is 1. The Morgan fingerprint density at radius 3 is 2.29 bits per heavy atom. The van der Waals surface area contributed by atoms with Gasteiger partial charge in [-0.3, -0.25) is 0 Å². The summed E-state index contributed by atoms with van der Waals surface area (Å²) in [5, 5.41) is 0. The van der Waals surface area contributed by atoms with Crippen molar-refractivity contribution in [2.24, 2.45) is 0 Å². The van der Waals surface area contributed by atoms with Gasteiger partial charge in [0, 0.05) is 37.2 Å². The van der Waals surface area contributed by atoms with Crippen LogP contribution in [0.15, 0.2) is 61.7 Å². The molecule has 6 nitrogen and oxygen atoms in total. The maximum atomic E-state index is 14.2. The number of hydrogen-bond acceptors (Lipinski definition) is 5. The van der Waals surface area contributed by atoms with Crippen LogP contribution in [0.3, 0.4) is 0 Å². The number of halogens is 2. The highest BCUT2D eigenvalue weighted by Gasteiger charge is 2.40. The average molecular weight is 376 g/mol. The van der Waals surface area contributed by atoms with Crippen molar-refractivity contribution in [3.63, 3.8) is 0 Å². The normalized spacial score (nSPS) is 18.2. The van der Waals surface area contributed by atoms with Crippen molar-refractivity contribution in [2.45, 2.75) is 18.3 Å². The van der Waals surface area contributed by atoms with Crippen molar-refractivity contribution in [1.29, 1.82) is 0 Å². The van der Waals surface area contributed by atoms with E-state index in [-0.39, 0.29) is 17.5 Å². The average Bonchev–Trinajstić information content (AvgIpc) is 3.35. The van der Waals surface area contributed by atoms with Crippen molar-refractivity contribution >= 4 is 0 Å². The molecule has 0 bridgehead atoms. The van der Waals surface area contributed by atoms with Gasteiger partial charge in [-0.2, -0.15) is 0 Å². The van der Waals surface area contributed by atoms with Gasteiger partial charge in [0.2, 0.25) is 0 Å². The van der Waals surface area contributed by atoms with Crippen LogP contribution in [0.25, 0.3) is 17.3 Å². The second-order valence-corrected chi connectivity index (χ2v) is 6.67. The Labute approximate surface area is 159 Å². The molecule has 8 heteroatoms. The summed E-state index contributed by atoms with van der Waals surface area (Å²) < 4.78 is 29.8. The summed E-state index contributed by atoms with van der Waals surface area (Å²) in [7, 11) is 0. The molecule has 0 saturated heterocycles. The van der Waals surface area contributed by atoms with E-state index in [1.165, 1.54) is 23.2 Å². The molecular weight excluding hydrogens is 362 g/mol. The van der Waals surface area contributed by atoms with E-state index in [4.69, 9.17) is 0 Å². The first kappa shape index (κ1) is 16.6. The third-order valence-electron chi connectivity index (χ3n) is 4.90. The van der Waals surface area contributed by atoms with Crippen LogP contribution in [-0.4, -0.2) is 29.5 Å². The van der Waals surface area contributed by atoms with E-state index in [0.29, 0.717) is 11.6 Å². The SMILES string of the molecule is Fc1cc(C2CC2c2cnc(-c3ncccn3)nc2)cc(-n2ccnc2)c1F.